The Morgan fingerprint density at radius 1 is 1.67 bits per heavy atom. The second-order valence-corrected chi connectivity index (χ2v) is 3.10. The summed E-state index contributed by atoms with van der Waals surface area (Å²) in [5.74, 6) is -0.772. The van der Waals surface area contributed by atoms with Gasteiger partial charge in [0.25, 0.3) is 0 Å². The predicted molar refractivity (Wildman–Crippen MR) is 54.4 cm³/mol. The molecule has 1 heterocycles. The van der Waals surface area contributed by atoms with Crippen molar-refractivity contribution >= 4 is 17.6 Å². The van der Waals surface area contributed by atoms with Crippen LogP contribution in [0.15, 0.2) is 17.0 Å². The molecule has 0 aromatic heterocycles. The fourth-order valence-electron chi connectivity index (χ4n) is 0.998. The Kier molecular flexibility index (Phi) is 4.13. The first-order valence-electron chi connectivity index (χ1n) is 4.56. The molecule has 0 saturated carbocycles. The monoisotopic (exact) mass is 266 g/mol. The summed E-state index contributed by atoms with van der Waals surface area (Å²) in [7, 11) is 0. The van der Waals surface area contributed by atoms with Crippen LogP contribution < -0.4 is 10.6 Å². The number of nitrogens with zero attached hydrogens (tertiary/aromatic N) is 1. The number of alkyl halides is 3. The highest BCUT2D eigenvalue weighted by Gasteiger charge is 2.29. The van der Waals surface area contributed by atoms with Crippen LogP contribution in [0.5, 0.6) is 0 Å². The molecule has 0 fully saturated rings. The van der Waals surface area contributed by atoms with Gasteiger partial charge in [-0.1, -0.05) is 0 Å². The number of carboxylic acid groups (broad SMARTS) is 1. The van der Waals surface area contributed by atoms with Gasteiger partial charge in [-0.3, -0.25) is 15.7 Å². The maximum atomic E-state index is 11.9. The van der Waals surface area contributed by atoms with E-state index in [0.29, 0.717) is 0 Å². The molecule has 1 aliphatic rings. The zero-order valence-corrected chi connectivity index (χ0v) is 8.84. The molecular formula is C8H9F3N4O3. The highest BCUT2D eigenvalue weighted by atomic mass is 19.4. The second kappa shape index (κ2) is 5.38. The SMILES string of the molecule is N=C(NC(=O)O)C1=NCNC(OCC(F)(F)F)=C1. The molecule has 7 nitrogen and oxygen atoms in total. The van der Waals surface area contributed by atoms with Crippen molar-refractivity contribution in [2.75, 3.05) is 13.3 Å². The number of rotatable bonds is 3. The van der Waals surface area contributed by atoms with Crippen LogP contribution in [0.3, 0.4) is 0 Å². The lowest BCUT2D eigenvalue weighted by molar-refractivity contribution is -0.166. The minimum Gasteiger partial charge on any atom is -0.470 e. The van der Waals surface area contributed by atoms with Gasteiger partial charge in [0.2, 0.25) is 0 Å². The molecule has 0 spiro atoms. The first-order valence-corrected chi connectivity index (χ1v) is 4.56. The van der Waals surface area contributed by atoms with Gasteiger partial charge in [-0.2, -0.15) is 13.2 Å². The molecular weight excluding hydrogens is 257 g/mol. The average molecular weight is 266 g/mol. The van der Waals surface area contributed by atoms with E-state index in [4.69, 9.17) is 10.5 Å². The van der Waals surface area contributed by atoms with Gasteiger partial charge in [0.15, 0.2) is 18.3 Å². The van der Waals surface area contributed by atoms with E-state index in [9.17, 15) is 18.0 Å². The lowest BCUT2D eigenvalue weighted by atomic mass is 10.3. The molecule has 1 amide bonds. The van der Waals surface area contributed by atoms with Crippen molar-refractivity contribution in [2.24, 2.45) is 4.99 Å². The Labute approximate surface area is 98.8 Å². The zero-order chi connectivity index (χ0) is 13.8. The van der Waals surface area contributed by atoms with Crippen molar-refractivity contribution in [1.82, 2.24) is 10.6 Å². The molecule has 18 heavy (non-hydrogen) atoms. The number of hydrogen-bond donors (Lipinski definition) is 4. The van der Waals surface area contributed by atoms with Crippen LogP contribution in [0.1, 0.15) is 0 Å². The zero-order valence-electron chi connectivity index (χ0n) is 8.84. The number of hydrogen-bond acceptors (Lipinski definition) is 5. The number of nitrogens with one attached hydrogen (secondary N) is 3. The van der Waals surface area contributed by atoms with Gasteiger partial charge in [0.1, 0.15) is 12.4 Å². The Hall–Kier alpha value is -2.26. The van der Waals surface area contributed by atoms with E-state index in [-0.39, 0.29) is 18.3 Å². The van der Waals surface area contributed by atoms with Crippen molar-refractivity contribution in [3.8, 4) is 0 Å². The fraction of sp³-hybridized carbons (Fsp3) is 0.375. The van der Waals surface area contributed by atoms with E-state index in [1.165, 1.54) is 0 Å². The number of ether oxygens (including phenoxy) is 1. The van der Waals surface area contributed by atoms with E-state index < -0.39 is 24.7 Å². The van der Waals surface area contributed by atoms with Crippen molar-refractivity contribution in [2.45, 2.75) is 6.18 Å². The van der Waals surface area contributed by atoms with Crippen LogP contribution in [0, 0.1) is 5.41 Å². The summed E-state index contributed by atoms with van der Waals surface area (Å²) in [5.41, 5.74) is -0.117. The summed E-state index contributed by atoms with van der Waals surface area (Å²) >= 11 is 0. The Morgan fingerprint density at radius 3 is 2.89 bits per heavy atom. The fourth-order valence-corrected chi connectivity index (χ4v) is 0.998. The molecule has 0 unspecified atom stereocenters. The number of carbonyl (C=O) groups is 1. The van der Waals surface area contributed by atoms with Crippen molar-refractivity contribution in [3.05, 3.63) is 12.0 Å². The normalized spacial score (nSPS) is 15.1. The van der Waals surface area contributed by atoms with Gasteiger partial charge < -0.3 is 15.2 Å². The minimum atomic E-state index is -4.48. The minimum absolute atomic E-state index is 0.108. The second-order valence-electron chi connectivity index (χ2n) is 3.10. The first-order chi connectivity index (χ1) is 8.28. The molecule has 0 aromatic carbocycles. The molecule has 0 aliphatic carbocycles. The van der Waals surface area contributed by atoms with E-state index in [1.54, 1.807) is 5.32 Å². The number of aliphatic imine (C=N–C) groups is 1. The quantitative estimate of drug-likeness (QED) is 0.444. The van der Waals surface area contributed by atoms with Crippen LogP contribution in [0.4, 0.5) is 18.0 Å². The third-order valence-corrected chi connectivity index (χ3v) is 1.65. The summed E-state index contributed by atoms with van der Waals surface area (Å²) in [6.45, 7) is -1.60. The third-order valence-electron chi connectivity index (χ3n) is 1.65. The van der Waals surface area contributed by atoms with E-state index in [0.717, 1.165) is 6.08 Å². The summed E-state index contributed by atoms with van der Waals surface area (Å²) in [6.07, 6.45) is -4.94. The molecule has 4 N–H and O–H groups in total. The van der Waals surface area contributed by atoms with Gasteiger partial charge in [0.05, 0.1) is 0 Å². The van der Waals surface area contributed by atoms with Gasteiger partial charge in [-0.05, 0) is 0 Å². The molecule has 100 valence electrons. The summed E-state index contributed by atoms with van der Waals surface area (Å²) in [4.78, 5) is 14.0. The predicted octanol–water partition coefficient (Wildman–Crippen LogP) is 0.653. The molecule has 0 saturated heterocycles. The van der Waals surface area contributed by atoms with E-state index in [2.05, 4.69) is 15.0 Å². The van der Waals surface area contributed by atoms with E-state index >= 15 is 0 Å². The summed E-state index contributed by atoms with van der Waals surface area (Å²) in [5, 5.41) is 19.8. The van der Waals surface area contributed by atoms with Crippen molar-refractivity contribution < 1.29 is 27.8 Å². The molecule has 0 aromatic rings. The Bertz CT molecular complexity index is 416. The molecule has 0 atom stereocenters. The van der Waals surface area contributed by atoms with Crippen LogP contribution in [0.25, 0.3) is 0 Å². The first kappa shape index (κ1) is 13.8. The third kappa shape index (κ3) is 4.72. The number of amides is 1. The highest BCUT2D eigenvalue weighted by molar-refractivity contribution is 6.46. The van der Waals surface area contributed by atoms with Crippen LogP contribution >= 0.6 is 0 Å². The molecule has 0 bridgehead atoms. The largest absolute Gasteiger partial charge is 0.470 e. The van der Waals surface area contributed by atoms with Gasteiger partial charge >= 0.3 is 12.3 Å². The van der Waals surface area contributed by atoms with Crippen LogP contribution in [0.2, 0.25) is 0 Å². The van der Waals surface area contributed by atoms with Gasteiger partial charge in [0, 0.05) is 6.08 Å². The molecule has 0 radical (unpaired) electrons. The van der Waals surface area contributed by atoms with Gasteiger partial charge in [-0.15, -0.1) is 0 Å². The van der Waals surface area contributed by atoms with Crippen molar-refractivity contribution in [1.29, 1.82) is 5.41 Å². The van der Waals surface area contributed by atoms with Crippen LogP contribution in [-0.4, -0.2) is 42.2 Å². The highest BCUT2D eigenvalue weighted by Crippen LogP contribution is 2.16. The standard InChI is InChI=1S/C8H9F3N4O3/c9-8(10,11)2-18-5-1-4(13-3-14-5)6(12)15-7(16)17/h1,14H,2-3H2,(H2,12,15)(H,16,17). The maximum Gasteiger partial charge on any atom is 0.422 e. The van der Waals surface area contributed by atoms with Crippen molar-refractivity contribution in [3.63, 3.8) is 0 Å². The topological polar surface area (TPSA) is 107 Å². The molecule has 1 aliphatic heterocycles. The van der Waals surface area contributed by atoms with E-state index in [1.807, 2.05) is 0 Å². The Morgan fingerprint density at radius 2 is 2.33 bits per heavy atom. The Balaban J connectivity index is 2.62. The molecule has 1 rings (SSSR count). The number of amidine groups is 1. The summed E-state index contributed by atoms with van der Waals surface area (Å²) < 4.78 is 40.1. The molecule has 10 heteroatoms. The smallest absolute Gasteiger partial charge is 0.422 e. The maximum absolute atomic E-state index is 11.9. The van der Waals surface area contributed by atoms with Gasteiger partial charge in [-0.25, -0.2) is 4.79 Å². The van der Waals surface area contributed by atoms with Crippen LogP contribution in [-0.2, 0) is 4.74 Å². The summed E-state index contributed by atoms with van der Waals surface area (Å²) in [6, 6.07) is 0. The number of halogens is 3. The average Bonchev–Trinajstić information content (AvgIpc) is 2.25. The lowest BCUT2D eigenvalue weighted by Crippen LogP contribution is -2.37. The lowest BCUT2D eigenvalue weighted by Gasteiger charge is -2.17.